The maximum absolute atomic E-state index is 3.77. The first kappa shape index (κ1) is 20.5. The predicted octanol–water partition coefficient (Wildman–Crippen LogP) is 6.75. The van der Waals surface area contributed by atoms with Crippen LogP contribution in [-0.2, 0) is 10.8 Å². The Hall–Kier alpha value is -3.07. The van der Waals surface area contributed by atoms with Crippen molar-refractivity contribution in [3.8, 4) is 11.4 Å². The van der Waals surface area contributed by atoms with Crippen molar-refractivity contribution < 1.29 is 4.57 Å². The van der Waals surface area contributed by atoms with Crippen LogP contribution in [0.3, 0.4) is 0 Å². The van der Waals surface area contributed by atoms with Crippen molar-refractivity contribution >= 4 is 22.4 Å². The Morgan fingerprint density at radius 1 is 0.818 bits per heavy atom. The number of fused-ring (bicyclic) bond motifs is 4. The fourth-order valence-electron chi connectivity index (χ4n) is 6.26. The third-order valence-corrected chi connectivity index (χ3v) is 8.20. The lowest BCUT2D eigenvalue weighted by molar-refractivity contribution is -0.572. The zero-order valence-corrected chi connectivity index (χ0v) is 20.9. The molecule has 3 nitrogen and oxygen atoms in total. The second-order valence-electron chi connectivity index (χ2n) is 11.3. The maximum atomic E-state index is 3.77. The zero-order chi connectivity index (χ0) is 23.3. The lowest BCUT2D eigenvalue weighted by atomic mass is 9.62. The number of anilines is 2. The quantitative estimate of drug-likeness (QED) is 0.238. The number of aryl methyl sites for hydroxylation is 2. The highest BCUT2D eigenvalue weighted by atomic mass is 15.2. The van der Waals surface area contributed by atoms with Gasteiger partial charge in [-0.2, -0.15) is 0 Å². The zero-order valence-electron chi connectivity index (χ0n) is 20.9. The monoisotopic (exact) mass is 435 g/mol. The summed E-state index contributed by atoms with van der Waals surface area (Å²) in [6, 6.07) is 17.9. The molecule has 0 spiro atoms. The van der Waals surface area contributed by atoms with E-state index in [9.17, 15) is 0 Å². The van der Waals surface area contributed by atoms with Crippen molar-refractivity contribution in [2.75, 3.05) is 11.9 Å². The number of nitrogens with zero attached hydrogens (tertiary/aromatic N) is 3. The number of para-hydroxylation sites is 2. The van der Waals surface area contributed by atoms with Gasteiger partial charge in [-0.3, -0.25) is 9.13 Å². The summed E-state index contributed by atoms with van der Waals surface area (Å²) in [5.74, 6) is 0. The van der Waals surface area contributed by atoms with Gasteiger partial charge in [-0.15, -0.1) is 0 Å². The number of imidazole rings is 1. The van der Waals surface area contributed by atoms with Crippen molar-refractivity contribution in [1.29, 1.82) is 0 Å². The van der Waals surface area contributed by atoms with Gasteiger partial charge >= 0.3 is 0 Å². The molecule has 1 aliphatic heterocycles. The van der Waals surface area contributed by atoms with Crippen molar-refractivity contribution in [3.63, 3.8) is 0 Å². The number of hydrogen-bond donors (Lipinski definition) is 0. The van der Waals surface area contributed by atoms with Crippen LogP contribution < -0.4 is 9.47 Å². The van der Waals surface area contributed by atoms with Gasteiger partial charge in [0.2, 0.25) is 0 Å². The van der Waals surface area contributed by atoms with E-state index in [1.54, 1.807) is 0 Å². The highest BCUT2D eigenvalue weighted by Gasteiger charge is 2.41. The van der Waals surface area contributed by atoms with E-state index in [0.717, 1.165) is 0 Å². The van der Waals surface area contributed by atoms with Crippen molar-refractivity contribution in [1.82, 2.24) is 4.57 Å². The van der Waals surface area contributed by atoms with Gasteiger partial charge in [-0.1, -0.05) is 64.1 Å². The Balaban J connectivity index is 1.73. The summed E-state index contributed by atoms with van der Waals surface area (Å²) >= 11 is 0. The van der Waals surface area contributed by atoms with E-state index in [4.69, 9.17) is 0 Å². The van der Waals surface area contributed by atoms with Crippen LogP contribution in [0.25, 0.3) is 22.4 Å². The van der Waals surface area contributed by atoms with Crippen molar-refractivity contribution in [3.05, 3.63) is 77.1 Å². The summed E-state index contributed by atoms with van der Waals surface area (Å²) in [5, 5.41) is 0. The molecule has 0 unspecified atom stereocenters. The van der Waals surface area contributed by atoms with Gasteiger partial charge < -0.3 is 4.90 Å². The molecule has 0 N–H and O–H groups in total. The van der Waals surface area contributed by atoms with Crippen LogP contribution in [0, 0.1) is 20.2 Å². The van der Waals surface area contributed by atoms with E-state index in [1.807, 2.05) is 0 Å². The van der Waals surface area contributed by atoms with E-state index < -0.39 is 0 Å². The molecule has 1 aromatic heterocycles. The molecular formula is C30H33N3. The first-order valence-electron chi connectivity index (χ1n) is 12.1. The summed E-state index contributed by atoms with van der Waals surface area (Å²) in [7, 11) is 2.24. The van der Waals surface area contributed by atoms with E-state index in [1.165, 1.54) is 68.9 Å². The van der Waals surface area contributed by atoms with Crippen molar-refractivity contribution in [2.24, 2.45) is 0 Å². The third kappa shape index (κ3) is 2.65. The second-order valence-corrected chi connectivity index (χ2v) is 11.3. The molecule has 0 radical (unpaired) electrons. The molecule has 2 heterocycles. The lowest BCUT2D eigenvalue weighted by Crippen LogP contribution is -2.41. The first-order valence-corrected chi connectivity index (χ1v) is 12.1. The molecule has 0 saturated carbocycles. The minimum atomic E-state index is 0.131. The topological polar surface area (TPSA) is 12.0 Å². The van der Waals surface area contributed by atoms with Gasteiger partial charge in [-0.05, 0) is 71.9 Å². The molecule has 0 fully saturated rings. The van der Waals surface area contributed by atoms with E-state index in [2.05, 4.69) is 117 Å². The Kier molecular flexibility index (Phi) is 4.04. The molecule has 0 saturated heterocycles. The summed E-state index contributed by atoms with van der Waals surface area (Å²) in [5.41, 5.74) is 13.3. The van der Waals surface area contributed by atoms with Crippen LogP contribution in [0.2, 0.25) is 0 Å². The highest BCUT2D eigenvalue weighted by Crippen LogP contribution is 2.52. The summed E-state index contributed by atoms with van der Waals surface area (Å²) in [6.07, 6.45) is 6.19. The second kappa shape index (κ2) is 6.50. The fraction of sp³-hybridized carbons (Fsp3) is 0.367. The van der Waals surface area contributed by atoms with E-state index in [-0.39, 0.29) is 10.8 Å². The number of aromatic nitrogens is 2. The molecule has 2 aliphatic rings. The van der Waals surface area contributed by atoms with E-state index >= 15 is 0 Å². The molecule has 6 rings (SSSR count). The van der Waals surface area contributed by atoms with Gasteiger partial charge in [0.05, 0.1) is 22.6 Å². The molecule has 1 aliphatic carbocycles. The van der Waals surface area contributed by atoms with E-state index in [0.29, 0.717) is 0 Å². The molecule has 0 amide bonds. The van der Waals surface area contributed by atoms with Crippen LogP contribution in [-0.4, -0.2) is 11.6 Å². The highest BCUT2D eigenvalue weighted by molar-refractivity contribution is 5.94. The molecule has 0 bridgehead atoms. The van der Waals surface area contributed by atoms with Gasteiger partial charge in [0, 0.05) is 12.7 Å². The Morgan fingerprint density at radius 2 is 1.48 bits per heavy atom. The van der Waals surface area contributed by atoms with Gasteiger partial charge in [0.25, 0.3) is 6.33 Å². The normalized spacial score (nSPS) is 17.7. The average Bonchev–Trinajstić information content (AvgIpc) is 3.15. The predicted molar refractivity (Wildman–Crippen MR) is 136 cm³/mol. The van der Waals surface area contributed by atoms with Crippen LogP contribution in [0.5, 0.6) is 0 Å². The van der Waals surface area contributed by atoms with Crippen LogP contribution in [0.1, 0.15) is 62.8 Å². The average molecular weight is 436 g/mol. The molecule has 33 heavy (non-hydrogen) atoms. The summed E-state index contributed by atoms with van der Waals surface area (Å²) in [6.45, 7) is 14.0. The number of rotatable bonds is 1. The maximum Gasteiger partial charge on any atom is 0.269 e. The molecule has 168 valence electrons. The molecular weight excluding hydrogens is 402 g/mol. The molecule has 0 atom stereocenters. The largest absolute Gasteiger partial charge is 0.350 e. The summed E-state index contributed by atoms with van der Waals surface area (Å²) < 4.78 is 4.57. The van der Waals surface area contributed by atoms with Crippen LogP contribution in [0.15, 0.2) is 48.5 Å². The molecule has 3 aromatic carbocycles. The minimum absolute atomic E-state index is 0.131. The SMILES string of the molecule is Cc1cccc(C)c1-n1[c-][n+]2c3c(cccc31)N(C)c1c-2ccc2c1C(C)(C)CCC2(C)C. The van der Waals surface area contributed by atoms with Crippen LogP contribution >= 0.6 is 0 Å². The fourth-order valence-corrected chi connectivity index (χ4v) is 6.26. The Morgan fingerprint density at radius 3 is 2.21 bits per heavy atom. The van der Waals surface area contributed by atoms with Gasteiger partial charge in [0.15, 0.2) is 0 Å². The Bertz CT molecular complexity index is 1430. The van der Waals surface area contributed by atoms with Crippen LogP contribution in [0.4, 0.5) is 11.4 Å². The summed E-state index contributed by atoms with van der Waals surface area (Å²) in [4.78, 5) is 2.43. The lowest BCUT2D eigenvalue weighted by Gasteiger charge is -2.45. The minimum Gasteiger partial charge on any atom is -0.350 e. The number of benzene rings is 3. The number of hydrogen-bond acceptors (Lipinski definition) is 1. The standard InChI is InChI=1S/C30H33N3/c1-19-10-8-11-20(2)26(19)32-18-33-24-15-14-21-25(30(5,6)17-16-29(21,3)4)28(24)31(7)22-12-9-13-23(32)27(22)33/h8-15H,16-17H2,1-7H3. The molecule has 3 heteroatoms. The third-order valence-electron chi connectivity index (χ3n) is 8.20. The van der Waals surface area contributed by atoms with Gasteiger partial charge in [-0.25, -0.2) is 0 Å². The van der Waals surface area contributed by atoms with Gasteiger partial charge in [0.1, 0.15) is 5.52 Å². The first-order chi connectivity index (χ1) is 15.6. The van der Waals surface area contributed by atoms with Crippen molar-refractivity contribution in [2.45, 2.75) is 65.2 Å². The smallest absolute Gasteiger partial charge is 0.269 e. The Labute approximate surface area is 197 Å². The molecule has 4 aromatic rings.